The maximum absolute atomic E-state index is 13.2. The standard InChI is InChI=1S/C9H16FNO2/c1-9(5-13-6-9)11-3-2-8(12)7(10)4-11/h7-8,12H,2-6H2,1H3/t7-,8+/m0/s1. The number of piperidine rings is 1. The maximum atomic E-state index is 13.2. The lowest BCUT2D eigenvalue weighted by atomic mass is 9.93. The average molecular weight is 189 g/mol. The van der Waals surface area contributed by atoms with E-state index in [2.05, 4.69) is 11.8 Å². The third kappa shape index (κ3) is 1.58. The van der Waals surface area contributed by atoms with Gasteiger partial charge in [-0.2, -0.15) is 0 Å². The Balaban J connectivity index is 1.94. The van der Waals surface area contributed by atoms with Gasteiger partial charge in [0.05, 0.1) is 24.9 Å². The Hall–Kier alpha value is -0.190. The van der Waals surface area contributed by atoms with E-state index >= 15 is 0 Å². The van der Waals surface area contributed by atoms with Crippen LogP contribution in [0.4, 0.5) is 4.39 Å². The van der Waals surface area contributed by atoms with Gasteiger partial charge < -0.3 is 9.84 Å². The van der Waals surface area contributed by atoms with Gasteiger partial charge in [-0.25, -0.2) is 4.39 Å². The number of hydrogen-bond acceptors (Lipinski definition) is 3. The predicted molar refractivity (Wildman–Crippen MR) is 46.3 cm³/mol. The molecule has 3 nitrogen and oxygen atoms in total. The Labute approximate surface area is 77.5 Å². The van der Waals surface area contributed by atoms with Crippen LogP contribution in [0.15, 0.2) is 0 Å². The van der Waals surface area contributed by atoms with Crippen LogP contribution in [-0.2, 0) is 4.74 Å². The number of aliphatic hydroxyl groups excluding tert-OH is 1. The molecule has 2 heterocycles. The lowest BCUT2D eigenvalue weighted by Crippen LogP contribution is -2.64. The molecule has 1 N–H and O–H groups in total. The van der Waals surface area contributed by atoms with Gasteiger partial charge in [-0.05, 0) is 13.3 Å². The minimum absolute atomic E-state index is 0.0183. The Morgan fingerprint density at radius 1 is 1.54 bits per heavy atom. The molecule has 76 valence electrons. The van der Waals surface area contributed by atoms with E-state index in [0.717, 1.165) is 6.54 Å². The molecule has 0 radical (unpaired) electrons. The van der Waals surface area contributed by atoms with Crippen molar-refractivity contribution in [1.29, 1.82) is 0 Å². The summed E-state index contributed by atoms with van der Waals surface area (Å²) in [6.07, 6.45) is -1.32. The van der Waals surface area contributed by atoms with E-state index in [9.17, 15) is 9.50 Å². The third-order valence-electron chi connectivity index (χ3n) is 3.10. The van der Waals surface area contributed by atoms with Gasteiger partial charge >= 0.3 is 0 Å². The molecular weight excluding hydrogens is 173 g/mol. The van der Waals surface area contributed by atoms with Crippen LogP contribution < -0.4 is 0 Å². The van der Waals surface area contributed by atoms with Crippen molar-refractivity contribution < 1.29 is 14.2 Å². The highest BCUT2D eigenvalue weighted by Crippen LogP contribution is 2.28. The second-order valence-electron chi connectivity index (χ2n) is 4.31. The number of rotatable bonds is 1. The Bertz CT molecular complexity index is 196. The molecule has 0 aromatic rings. The lowest BCUT2D eigenvalue weighted by molar-refractivity contribution is -0.152. The minimum Gasteiger partial charge on any atom is -0.390 e. The van der Waals surface area contributed by atoms with Gasteiger partial charge in [0.1, 0.15) is 6.17 Å². The zero-order valence-corrected chi connectivity index (χ0v) is 7.87. The van der Waals surface area contributed by atoms with Crippen molar-refractivity contribution in [2.75, 3.05) is 26.3 Å². The Kier molecular flexibility index (Phi) is 2.30. The van der Waals surface area contributed by atoms with Crippen LogP contribution in [0.25, 0.3) is 0 Å². The highest BCUT2D eigenvalue weighted by Gasteiger charge is 2.43. The fraction of sp³-hybridized carbons (Fsp3) is 1.00. The summed E-state index contributed by atoms with van der Waals surface area (Å²) in [6, 6.07) is 0. The van der Waals surface area contributed by atoms with Gasteiger partial charge in [-0.1, -0.05) is 0 Å². The molecule has 0 unspecified atom stereocenters. The summed E-state index contributed by atoms with van der Waals surface area (Å²) in [5.74, 6) is 0. The summed E-state index contributed by atoms with van der Waals surface area (Å²) in [4.78, 5) is 2.09. The van der Waals surface area contributed by atoms with Gasteiger partial charge in [0.25, 0.3) is 0 Å². The summed E-state index contributed by atoms with van der Waals surface area (Å²) in [6.45, 7) is 4.59. The molecule has 0 aromatic carbocycles. The van der Waals surface area contributed by atoms with Crippen molar-refractivity contribution in [3.05, 3.63) is 0 Å². The number of hydrogen-bond donors (Lipinski definition) is 1. The predicted octanol–water partition coefficient (Wildman–Crippen LogP) is 0.180. The largest absolute Gasteiger partial charge is 0.390 e. The quantitative estimate of drug-likeness (QED) is 0.638. The Morgan fingerprint density at radius 3 is 2.69 bits per heavy atom. The SMILES string of the molecule is CC1(N2CC[C@@H](O)[C@@H](F)C2)COC1. The van der Waals surface area contributed by atoms with E-state index in [-0.39, 0.29) is 5.54 Å². The molecule has 2 rings (SSSR count). The molecule has 0 aromatic heterocycles. The van der Waals surface area contributed by atoms with E-state index in [1.54, 1.807) is 0 Å². The number of likely N-dealkylation sites (tertiary alicyclic amines) is 1. The molecule has 0 bridgehead atoms. The van der Waals surface area contributed by atoms with Crippen molar-refractivity contribution in [2.24, 2.45) is 0 Å². The number of nitrogens with zero attached hydrogens (tertiary/aromatic N) is 1. The van der Waals surface area contributed by atoms with Crippen LogP contribution in [-0.4, -0.2) is 54.1 Å². The smallest absolute Gasteiger partial charge is 0.139 e. The molecule has 0 spiro atoms. The minimum atomic E-state index is -1.09. The third-order valence-corrected chi connectivity index (χ3v) is 3.10. The van der Waals surface area contributed by atoms with E-state index < -0.39 is 12.3 Å². The molecule has 2 saturated heterocycles. The normalized spacial score (nSPS) is 39.9. The molecular formula is C9H16FNO2. The zero-order valence-electron chi connectivity index (χ0n) is 7.87. The lowest BCUT2D eigenvalue weighted by Gasteiger charge is -2.49. The van der Waals surface area contributed by atoms with Crippen LogP contribution in [0.5, 0.6) is 0 Å². The molecule has 2 fully saturated rings. The number of halogens is 1. The summed E-state index contributed by atoms with van der Waals surface area (Å²) in [5.41, 5.74) is 0.0183. The topological polar surface area (TPSA) is 32.7 Å². The molecule has 4 heteroatoms. The van der Waals surface area contributed by atoms with E-state index in [1.807, 2.05) is 0 Å². The first-order valence-electron chi connectivity index (χ1n) is 4.77. The fourth-order valence-corrected chi connectivity index (χ4v) is 1.96. The molecule has 0 amide bonds. The molecule has 0 saturated carbocycles. The number of alkyl halides is 1. The first-order valence-corrected chi connectivity index (χ1v) is 4.77. The molecule has 2 aliphatic rings. The van der Waals surface area contributed by atoms with Gasteiger partial charge in [-0.15, -0.1) is 0 Å². The van der Waals surface area contributed by atoms with Crippen LogP contribution in [0.1, 0.15) is 13.3 Å². The first kappa shape index (κ1) is 9.37. The average Bonchev–Trinajstić information content (AvgIpc) is 2.06. The second kappa shape index (κ2) is 3.19. The summed E-state index contributed by atoms with van der Waals surface area (Å²) in [7, 11) is 0. The molecule has 2 atom stereocenters. The summed E-state index contributed by atoms with van der Waals surface area (Å²) < 4.78 is 18.3. The molecule has 13 heavy (non-hydrogen) atoms. The fourth-order valence-electron chi connectivity index (χ4n) is 1.96. The first-order chi connectivity index (χ1) is 6.12. The van der Waals surface area contributed by atoms with Gasteiger partial charge in [0.15, 0.2) is 0 Å². The highest BCUT2D eigenvalue weighted by molar-refractivity contribution is 4.96. The van der Waals surface area contributed by atoms with Crippen molar-refractivity contribution >= 4 is 0 Å². The number of ether oxygens (including phenoxy) is 1. The van der Waals surface area contributed by atoms with Gasteiger partial charge in [-0.3, -0.25) is 4.90 Å². The van der Waals surface area contributed by atoms with Crippen LogP contribution in [0.3, 0.4) is 0 Å². The van der Waals surface area contributed by atoms with Crippen LogP contribution in [0, 0.1) is 0 Å². The van der Waals surface area contributed by atoms with Crippen molar-refractivity contribution in [3.63, 3.8) is 0 Å². The number of aliphatic hydroxyl groups is 1. The summed E-state index contributed by atoms with van der Waals surface area (Å²) in [5, 5.41) is 9.22. The van der Waals surface area contributed by atoms with Crippen molar-refractivity contribution in [1.82, 2.24) is 4.90 Å². The van der Waals surface area contributed by atoms with Crippen molar-refractivity contribution in [2.45, 2.75) is 31.2 Å². The van der Waals surface area contributed by atoms with E-state index in [1.165, 1.54) is 0 Å². The molecule has 2 aliphatic heterocycles. The van der Waals surface area contributed by atoms with Crippen LogP contribution in [0.2, 0.25) is 0 Å². The maximum Gasteiger partial charge on any atom is 0.139 e. The molecule has 0 aliphatic carbocycles. The Morgan fingerprint density at radius 2 is 2.23 bits per heavy atom. The second-order valence-corrected chi connectivity index (χ2v) is 4.31. The zero-order chi connectivity index (χ0) is 9.47. The monoisotopic (exact) mass is 189 g/mol. The van der Waals surface area contributed by atoms with E-state index in [4.69, 9.17) is 4.74 Å². The summed E-state index contributed by atoms with van der Waals surface area (Å²) >= 11 is 0. The van der Waals surface area contributed by atoms with Gasteiger partial charge in [0.2, 0.25) is 0 Å². The van der Waals surface area contributed by atoms with Crippen molar-refractivity contribution in [3.8, 4) is 0 Å². The van der Waals surface area contributed by atoms with E-state index in [0.29, 0.717) is 26.2 Å². The highest BCUT2D eigenvalue weighted by atomic mass is 19.1. The van der Waals surface area contributed by atoms with Crippen LogP contribution >= 0.6 is 0 Å². The van der Waals surface area contributed by atoms with Gasteiger partial charge in [0, 0.05) is 13.1 Å².